The first-order chi connectivity index (χ1) is 12.1. The van der Waals surface area contributed by atoms with Gasteiger partial charge in [-0.2, -0.15) is 4.98 Å². The van der Waals surface area contributed by atoms with E-state index in [1.165, 1.54) is 0 Å². The van der Waals surface area contributed by atoms with E-state index in [1.807, 2.05) is 44.2 Å². The summed E-state index contributed by atoms with van der Waals surface area (Å²) in [5.41, 5.74) is 12.7. The number of aryl methyl sites for hydroxylation is 1. The smallest absolute Gasteiger partial charge is 0.258 e. The van der Waals surface area contributed by atoms with Crippen LogP contribution in [0.3, 0.4) is 0 Å². The molecule has 0 saturated heterocycles. The minimum Gasteiger partial charge on any atom is -0.383 e. The number of nitrogens with two attached hydrogens (primary N) is 2. The van der Waals surface area contributed by atoms with E-state index in [9.17, 15) is 4.79 Å². The third-order valence-corrected chi connectivity index (χ3v) is 3.95. The Morgan fingerprint density at radius 2 is 1.76 bits per heavy atom. The fraction of sp³-hybridized carbons (Fsp3) is 0.444. The molecule has 25 heavy (non-hydrogen) atoms. The number of aromatic amines is 1. The zero-order valence-electron chi connectivity index (χ0n) is 14.7. The molecule has 7 nitrogen and oxygen atoms in total. The molecule has 1 unspecified atom stereocenters. The molecular formula is C18H26N4O3. The Bertz CT molecular complexity index is 712. The lowest BCUT2D eigenvalue weighted by Gasteiger charge is -2.27. The third kappa shape index (κ3) is 5.04. The SMILES string of the molecule is CCOC(OCC)C(CCc1ccccc1)c1c(N)nc(N)[nH]c1=O. The van der Waals surface area contributed by atoms with Crippen LogP contribution in [0.1, 0.15) is 37.3 Å². The summed E-state index contributed by atoms with van der Waals surface area (Å²) in [5.74, 6) is -0.238. The van der Waals surface area contributed by atoms with Gasteiger partial charge in [-0.1, -0.05) is 30.3 Å². The van der Waals surface area contributed by atoms with E-state index in [1.54, 1.807) is 0 Å². The lowest BCUT2D eigenvalue weighted by Crippen LogP contribution is -2.32. The molecule has 136 valence electrons. The Kier molecular flexibility index (Phi) is 6.97. The third-order valence-electron chi connectivity index (χ3n) is 3.95. The average molecular weight is 346 g/mol. The normalized spacial score (nSPS) is 12.4. The summed E-state index contributed by atoms with van der Waals surface area (Å²) in [4.78, 5) is 19.0. The Morgan fingerprint density at radius 1 is 1.12 bits per heavy atom. The molecule has 2 aromatic rings. The van der Waals surface area contributed by atoms with Gasteiger partial charge in [-0.3, -0.25) is 9.78 Å². The number of nitrogen functional groups attached to an aromatic ring is 2. The second-order valence-corrected chi connectivity index (χ2v) is 5.66. The van der Waals surface area contributed by atoms with E-state index in [0.717, 1.165) is 12.0 Å². The Hall–Kier alpha value is -2.38. The van der Waals surface area contributed by atoms with Gasteiger partial charge in [0.15, 0.2) is 6.29 Å². The quantitative estimate of drug-likeness (QED) is 0.598. The largest absolute Gasteiger partial charge is 0.383 e. The number of hydrogen-bond acceptors (Lipinski definition) is 6. The van der Waals surface area contributed by atoms with E-state index < -0.39 is 6.29 Å². The van der Waals surface area contributed by atoms with Gasteiger partial charge in [-0.05, 0) is 32.3 Å². The highest BCUT2D eigenvalue weighted by molar-refractivity contribution is 5.44. The summed E-state index contributed by atoms with van der Waals surface area (Å²) in [5, 5.41) is 0. The van der Waals surface area contributed by atoms with Gasteiger partial charge < -0.3 is 20.9 Å². The van der Waals surface area contributed by atoms with Gasteiger partial charge in [0.25, 0.3) is 5.56 Å². The highest BCUT2D eigenvalue weighted by atomic mass is 16.7. The molecule has 0 saturated carbocycles. The van der Waals surface area contributed by atoms with E-state index in [0.29, 0.717) is 25.2 Å². The summed E-state index contributed by atoms with van der Waals surface area (Å²) >= 11 is 0. The summed E-state index contributed by atoms with van der Waals surface area (Å²) in [6.45, 7) is 4.70. The first-order valence-electron chi connectivity index (χ1n) is 8.49. The molecule has 0 radical (unpaired) electrons. The first-order valence-corrected chi connectivity index (χ1v) is 8.49. The van der Waals surface area contributed by atoms with Crippen LogP contribution in [-0.4, -0.2) is 29.5 Å². The number of nitrogens with one attached hydrogen (secondary N) is 1. The van der Waals surface area contributed by atoms with Crippen molar-refractivity contribution in [1.82, 2.24) is 9.97 Å². The Labute approximate surface area is 147 Å². The van der Waals surface area contributed by atoms with Crippen molar-refractivity contribution in [3.8, 4) is 0 Å². The summed E-state index contributed by atoms with van der Waals surface area (Å²) in [6.07, 6.45) is 0.812. The van der Waals surface area contributed by atoms with Crippen molar-refractivity contribution in [2.75, 3.05) is 24.7 Å². The van der Waals surface area contributed by atoms with Crippen LogP contribution in [0.15, 0.2) is 35.1 Å². The average Bonchev–Trinajstić information content (AvgIpc) is 2.58. The maximum Gasteiger partial charge on any atom is 0.258 e. The Balaban J connectivity index is 2.35. The Morgan fingerprint density at radius 3 is 2.32 bits per heavy atom. The van der Waals surface area contributed by atoms with Crippen molar-refractivity contribution in [2.45, 2.75) is 38.9 Å². The lowest BCUT2D eigenvalue weighted by molar-refractivity contribution is -0.151. The van der Waals surface area contributed by atoms with Crippen molar-refractivity contribution >= 4 is 11.8 Å². The molecule has 0 fully saturated rings. The maximum atomic E-state index is 12.5. The van der Waals surface area contributed by atoms with Crippen LogP contribution >= 0.6 is 0 Å². The van der Waals surface area contributed by atoms with Crippen LogP contribution in [-0.2, 0) is 15.9 Å². The van der Waals surface area contributed by atoms with E-state index in [4.69, 9.17) is 20.9 Å². The topological polar surface area (TPSA) is 116 Å². The van der Waals surface area contributed by atoms with Gasteiger partial charge in [0.05, 0.1) is 5.56 Å². The van der Waals surface area contributed by atoms with Crippen LogP contribution in [0.25, 0.3) is 0 Å². The fourth-order valence-electron chi connectivity index (χ4n) is 2.87. The number of H-pyrrole nitrogens is 1. The predicted octanol–water partition coefficient (Wildman–Crippen LogP) is 2.05. The molecule has 1 heterocycles. The lowest BCUT2D eigenvalue weighted by atomic mass is 9.92. The summed E-state index contributed by atoms with van der Waals surface area (Å²) in [7, 11) is 0. The maximum absolute atomic E-state index is 12.5. The second kappa shape index (κ2) is 9.19. The number of nitrogens with zero attached hydrogens (tertiary/aromatic N) is 1. The summed E-state index contributed by atoms with van der Waals surface area (Å²) < 4.78 is 11.5. The van der Waals surface area contributed by atoms with E-state index in [-0.39, 0.29) is 23.2 Å². The van der Waals surface area contributed by atoms with Crippen LogP contribution in [0, 0.1) is 0 Å². The van der Waals surface area contributed by atoms with E-state index in [2.05, 4.69) is 9.97 Å². The van der Waals surface area contributed by atoms with Crippen LogP contribution in [0.2, 0.25) is 0 Å². The van der Waals surface area contributed by atoms with Gasteiger partial charge in [-0.25, -0.2) is 0 Å². The molecule has 2 rings (SSSR count). The molecular weight excluding hydrogens is 320 g/mol. The fourth-order valence-corrected chi connectivity index (χ4v) is 2.87. The second-order valence-electron chi connectivity index (χ2n) is 5.66. The van der Waals surface area contributed by atoms with Gasteiger partial charge in [-0.15, -0.1) is 0 Å². The standard InChI is InChI=1S/C18H26N4O3/c1-3-24-17(25-4-2)13(11-10-12-8-6-5-7-9-12)14-15(19)21-18(20)22-16(14)23/h5-9,13,17H,3-4,10-11H2,1-2H3,(H5,19,20,21,22,23). The van der Waals surface area contributed by atoms with Crippen molar-refractivity contribution in [3.05, 3.63) is 51.8 Å². The zero-order chi connectivity index (χ0) is 18.2. The van der Waals surface area contributed by atoms with Gasteiger partial charge in [0, 0.05) is 19.1 Å². The van der Waals surface area contributed by atoms with Gasteiger partial charge in [0.1, 0.15) is 5.82 Å². The highest BCUT2D eigenvalue weighted by Gasteiger charge is 2.29. The van der Waals surface area contributed by atoms with E-state index >= 15 is 0 Å². The van der Waals surface area contributed by atoms with Crippen molar-refractivity contribution in [2.24, 2.45) is 0 Å². The molecule has 0 aliphatic carbocycles. The number of ether oxygens (including phenoxy) is 2. The van der Waals surface area contributed by atoms with Crippen molar-refractivity contribution < 1.29 is 9.47 Å². The molecule has 0 amide bonds. The minimum absolute atomic E-state index is 0.00238. The molecule has 1 aromatic carbocycles. The van der Waals surface area contributed by atoms with Crippen LogP contribution < -0.4 is 17.0 Å². The van der Waals surface area contributed by atoms with Gasteiger partial charge >= 0.3 is 0 Å². The molecule has 0 bridgehead atoms. The van der Waals surface area contributed by atoms with Crippen LogP contribution in [0.4, 0.5) is 11.8 Å². The highest BCUT2D eigenvalue weighted by Crippen LogP contribution is 2.29. The van der Waals surface area contributed by atoms with Crippen LogP contribution in [0.5, 0.6) is 0 Å². The molecule has 1 aromatic heterocycles. The molecule has 7 heteroatoms. The number of benzene rings is 1. The zero-order valence-corrected chi connectivity index (χ0v) is 14.7. The first kappa shape index (κ1) is 19.0. The summed E-state index contributed by atoms with van der Waals surface area (Å²) in [6, 6.07) is 10.0. The molecule has 0 aliphatic rings. The monoisotopic (exact) mass is 346 g/mol. The number of anilines is 2. The number of rotatable bonds is 9. The molecule has 5 N–H and O–H groups in total. The number of aromatic nitrogens is 2. The van der Waals surface area contributed by atoms with Crippen molar-refractivity contribution in [1.29, 1.82) is 0 Å². The number of hydrogen-bond donors (Lipinski definition) is 3. The predicted molar refractivity (Wildman–Crippen MR) is 98.2 cm³/mol. The molecule has 1 atom stereocenters. The molecule has 0 spiro atoms. The van der Waals surface area contributed by atoms with Crippen molar-refractivity contribution in [3.63, 3.8) is 0 Å². The minimum atomic E-state index is -0.576. The molecule has 0 aliphatic heterocycles. The van der Waals surface area contributed by atoms with Gasteiger partial charge in [0.2, 0.25) is 5.95 Å².